The van der Waals surface area contributed by atoms with Crippen molar-refractivity contribution in [3.8, 4) is 0 Å². The number of rotatable bonds is 8. The van der Waals surface area contributed by atoms with Crippen LogP contribution in [0.1, 0.15) is 18.1 Å². The zero-order valence-corrected chi connectivity index (χ0v) is 20.0. The van der Waals surface area contributed by atoms with Gasteiger partial charge in [0.05, 0.1) is 23.2 Å². The van der Waals surface area contributed by atoms with Gasteiger partial charge in [0.2, 0.25) is 5.91 Å². The summed E-state index contributed by atoms with van der Waals surface area (Å²) < 4.78 is 1.11. The summed E-state index contributed by atoms with van der Waals surface area (Å²) >= 11 is 5.10. The first-order valence-electron chi connectivity index (χ1n) is 10.2. The topological polar surface area (TPSA) is 33.2 Å². The summed E-state index contributed by atoms with van der Waals surface area (Å²) in [5.41, 5.74) is 3.05. The molecule has 0 unspecified atom stereocenters. The molecular weight excluding hydrogens is 440 g/mol. The van der Waals surface area contributed by atoms with E-state index < -0.39 is 0 Å². The Balaban J connectivity index is 1.62. The monoisotopic (exact) mass is 464 g/mol. The van der Waals surface area contributed by atoms with Gasteiger partial charge in [-0.1, -0.05) is 60.7 Å². The summed E-state index contributed by atoms with van der Waals surface area (Å²) in [6.07, 6.45) is 2.43. The number of hydrogen-bond acceptors (Lipinski definition) is 5. The van der Waals surface area contributed by atoms with Crippen molar-refractivity contribution in [2.24, 2.45) is 0 Å². The van der Waals surface area contributed by atoms with E-state index in [4.69, 9.17) is 4.98 Å². The van der Waals surface area contributed by atoms with Gasteiger partial charge < -0.3 is 0 Å². The number of aromatic nitrogens is 1. The number of carbonyl (C=O) groups excluding carboxylic acids is 1. The van der Waals surface area contributed by atoms with E-state index in [1.165, 1.54) is 9.79 Å². The first-order valence-corrected chi connectivity index (χ1v) is 13.2. The molecule has 4 aromatic rings. The lowest BCUT2D eigenvalue weighted by atomic mass is 10.1. The molecule has 1 heterocycles. The highest BCUT2D eigenvalue weighted by atomic mass is 32.2. The Bertz CT molecular complexity index is 1160. The van der Waals surface area contributed by atoms with Crippen molar-refractivity contribution >= 4 is 56.1 Å². The average Bonchev–Trinajstić information content (AvgIpc) is 3.22. The molecule has 6 heteroatoms. The van der Waals surface area contributed by atoms with E-state index in [1.54, 1.807) is 23.1 Å². The summed E-state index contributed by atoms with van der Waals surface area (Å²) in [6.45, 7) is 2.66. The average molecular weight is 465 g/mol. The molecule has 0 aliphatic heterocycles. The summed E-state index contributed by atoms with van der Waals surface area (Å²) in [6, 6.07) is 24.7. The van der Waals surface area contributed by atoms with E-state index in [0.29, 0.717) is 13.0 Å². The molecule has 31 heavy (non-hydrogen) atoms. The molecule has 0 saturated heterocycles. The number of thioether (sulfide) groups is 2. The number of amides is 1. The molecule has 0 bridgehead atoms. The van der Waals surface area contributed by atoms with E-state index in [1.807, 2.05) is 40.9 Å². The maximum absolute atomic E-state index is 13.4. The predicted molar refractivity (Wildman–Crippen MR) is 136 cm³/mol. The van der Waals surface area contributed by atoms with Gasteiger partial charge >= 0.3 is 0 Å². The Morgan fingerprint density at radius 2 is 1.71 bits per heavy atom. The van der Waals surface area contributed by atoms with Crippen molar-refractivity contribution in [1.29, 1.82) is 0 Å². The molecule has 0 N–H and O–H groups in total. The van der Waals surface area contributed by atoms with Crippen LogP contribution in [0.5, 0.6) is 0 Å². The molecule has 0 radical (unpaired) electrons. The molecule has 1 aromatic heterocycles. The highest BCUT2D eigenvalue weighted by Crippen LogP contribution is 2.32. The van der Waals surface area contributed by atoms with Gasteiger partial charge in [0.25, 0.3) is 0 Å². The highest BCUT2D eigenvalue weighted by Gasteiger charge is 2.21. The lowest BCUT2D eigenvalue weighted by molar-refractivity contribution is -0.118. The Morgan fingerprint density at radius 1 is 0.968 bits per heavy atom. The minimum absolute atomic E-state index is 0.0592. The summed E-state index contributed by atoms with van der Waals surface area (Å²) in [5, 5.41) is 0.750. The highest BCUT2D eigenvalue weighted by molar-refractivity contribution is 7.99. The van der Waals surface area contributed by atoms with E-state index in [-0.39, 0.29) is 5.91 Å². The molecule has 1 amide bonds. The van der Waals surface area contributed by atoms with Crippen molar-refractivity contribution < 1.29 is 4.79 Å². The van der Waals surface area contributed by atoms with Crippen molar-refractivity contribution in [3.05, 3.63) is 83.9 Å². The predicted octanol–water partition coefficient (Wildman–Crippen LogP) is 6.91. The molecule has 0 spiro atoms. The van der Waals surface area contributed by atoms with E-state index in [9.17, 15) is 4.79 Å². The third kappa shape index (κ3) is 5.50. The van der Waals surface area contributed by atoms with Gasteiger partial charge in [-0.15, -0.1) is 23.5 Å². The lowest BCUT2D eigenvalue weighted by Gasteiger charge is -2.20. The molecular formula is C25H24N2OS3. The zero-order valence-electron chi connectivity index (χ0n) is 17.6. The number of fused-ring (bicyclic) bond motifs is 1. The van der Waals surface area contributed by atoms with E-state index >= 15 is 0 Å². The summed E-state index contributed by atoms with van der Waals surface area (Å²) in [7, 11) is 0. The van der Waals surface area contributed by atoms with Gasteiger partial charge in [0.15, 0.2) is 5.13 Å². The summed E-state index contributed by atoms with van der Waals surface area (Å²) in [5.74, 6) is 1.10. The molecule has 0 saturated carbocycles. The number of thiazole rings is 1. The molecule has 3 aromatic carbocycles. The fourth-order valence-electron chi connectivity index (χ4n) is 3.30. The largest absolute Gasteiger partial charge is 0.283 e. The smallest absolute Gasteiger partial charge is 0.233 e. The third-order valence-electron chi connectivity index (χ3n) is 4.89. The van der Waals surface area contributed by atoms with Gasteiger partial charge in [-0.3, -0.25) is 9.69 Å². The van der Waals surface area contributed by atoms with Crippen LogP contribution < -0.4 is 4.90 Å². The SMILES string of the molecule is CCSc1ccc(CC(=O)N(Cc2ccccc2)c2nc3ccc(SC)cc3s2)cc1. The molecule has 0 aliphatic carbocycles. The maximum Gasteiger partial charge on any atom is 0.233 e. The van der Waals surface area contributed by atoms with Crippen molar-refractivity contribution in [2.45, 2.75) is 29.7 Å². The molecule has 0 aliphatic rings. The van der Waals surface area contributed by atoms with Crippen LogP contribution in [0.4, 0.5) is 5.13 Å². The minimum atomic E-state index is 0.0592. The Kier molecular flexibility index (Phi) is 7.33. The van der Waals surface area contributed by atoms with E-state index in [2.05, 4.69) is 61.7 Å². The first kappa shape index (κ1) is 21.9. The molecule has 0 fully saturated rings. The normalized spacial score (nSPS) is 11.0. The van der Waals surface area contributed by atoms with Crippen LogP contribution in [0.3, 0.4) is 0 Å². The Morgan fingerprint density at radius 3 is 2.42 bits per heavy atom. The Hall–Kier alpha value is -2.28. The van der Waals surface area contributed by atoms with Crippen LogP contribution >= 0.6 is 34.9 Å². The van der Waals surface area contributed by atoms with E-state index in [0.717, 1.165) is 32.2 Å². The number of hydrogen-bond donors (Lipinski definition) is 0. The van der Waals surface area contributed by atoms with Crippen LogP contribution in [0.25, 0.3) is 10.2 Å². The maximum atomic E-state index is 13.4. The first-order chi connectivity index (χ1) is 15.2. The second kappa shape index (κ2) is 10.4. The van der Waals surface area contributed by atoms with Crippen LogP contribution in [-0.2, 0) is 17.8 Å². The van der Waals surface area contributed by atoms with Gasteiger partial charge in [-0.25, -0.2) is 4.98 Å². The van der Waals surface area contributed by atoms with Crippen molar-refractivity contribution in [2.75, 3.05) is 16.9 Å². The fraction of sp³-hybridized carbons (Fsp3) is 0.200. The fourth-order valence-corrected chi connectivity index (χ4v) is 5.50. The van der Waals surface area contributed by atoms with Crippen LogP contribution in [0.15, 0.2) is 82.6 Å². The summed E-state index contributed by atoms with van der Waals surface area (Å²) in [4.78, 5) is 22.5. The Labute approximate surface area is 195 Å². The lowest BCUT2D eigenvalue weighted by Crippen LogP contribution is -2.31. The standard InChI is InChI=1S/C25H24N2OS3/c1-3-30-20-11-9-18(10-12-20)15-24(28)27(17-19-7-5-4-6-8-19)25-26-22-14-13-21(29-2)16-23(22)31-25/h4-14,16H,3,15,17H2,1-2H3. The minimum Gasteiger partial charge on any atom is -0.283 e. The van der Waals surface area contributed by atoms with Crippen LogP contribution in [0, 0.1) is 0 Å². The quantitative estimate of drug-likeness (QED) is 0.265. The molecule has 3 nitrogen and oxygen atoms in total. The molecule has 158 valence electrons. The second-order valence-electron chi connectivity index (χ2n) is 7.05. The number of nitrogens with zero attached hydrogens (tertiary/aromatic N) is 2. The zero-order chi connectivity index (χ0) is 21.6. The van der Waals surface area contributed by atoms with Crippen LogP contribution in [-0.4, -0.2) is 22.9 Å². The third-order valence-corrected chi connectivity index (χ3v) is 7.55. The molecule has 0 atom stereocenters. The van der Waals surface area contributed by atoms with Gasteiger partial charge in [0.1, 0.15) is 0 Å². The van der Waals surface area contributed by atoms with Crippen molar-refractivity contribution in [1.82, 2.24) is 4.98 Å². The van der Waals surface area contributed by atoms with Gasteiger partial charge in [0, 0.05) is 9.79 Å². The second-order valence-corrected chi connectivity index (χ2v) is 10.3. The van der Waals surface area contributed by atoms with Gasteiger partial charge in [-0.05, 0) is 53.5 Å². The van der Waals surface area contributed by atoms with Gasteiger partial charge in [-0.2, -0.15) is 0 Å². The number of benzene rings is 3. The van der Waals surface area contributed by atoms with Crippen LogP contribution in [0.2, 0.25) is 0 Å². The number of anilines is 1. The molecule has 4 rings (SSSR count). The van der Waals surface area contributed by atoms with Crippen molar-refractivity contribution in [3.63, 3.8) is 0 Å². The number of carbonyl (C=O) groups is 1.